The summed E-state index contributed by atoms with van der Waals surface area (Å²) in [5, 5.41) is 0.0639. The minimum atomic E-state index is -4.42. The minimum absolute atomic E-state index is 0.00831. The van der Waals surface area contributed by atoms with Crippen molar-refractivity contribution >= 4 is 16.7 Å². The summed E-state index contributed by atoms with van der Waals surface area (Å²) in [6, 6.07) is 6.93. The van der Waals surface area contributed by atoms with Crippen LogP contribution in [0.1, 0.15) is 5.56 Å². The lowest BCUT2D eigenvalue weighted by atomic mass is 10.1. The Morgan fingerprint density at radius 1 is 1.19 bits per heavy atom. The summed E-state index contributed by atoms with van der Waals surface area (Å²) >= 11 is 0. The van der Waals surface area contributed by atoms with Crippen molar-refractivity contribution in [3.05, 3.63) is 35.9 Å². The Labute approximate surface area is 89.1 Å². The van der Waals surface area contributed by atoms with Gasteiger partial charge in [-0.15, -0.1) is 0 Å². The number of pyridine rings is 1. The van der Waals surface area contributed by atoms with Gasteiger partial charge in [0.1, 0.15) is 5.82 Å². The highest BCUT2D eigenvalue weighted by Crippen LogP contribution is 2.35. The molecule has 2 aromatic rings. The van der Waals surface area contributed by atoms with Crippen molar-refractivity contribution in [2.45, 2.75) is 6.18 Å². The number of fused-ring (bicyclic) bond motifs is 1. The van der Waals surface area contributed by atoms with Crippen LogP contribution in [-0.4, -0.2) is 4.98 Å². The van der Waals surface area contributed by atoms with Crippen LogP contribution in [0.25, 0.3) is 10.9 Å². The summed E-state index contributed by atoms with van der Waals surface area (Å²) in [7, 11) is 0. The molecule has 0 atom stereocenters. The van der Waals surface area contributed by atoms with E-state index in [4.69, 9.17) is 5.84 Å². The third kappa shape index (κ3) is 1.79. The molecular weight excluding hydrogens is 219 g/mol. The Hall–Kier alpha value is -1.82. The number of hydrazine groups is 1. The molecule has 16 heavy (non-hydrogen) atoms. The number of nitrogen functional groups attached to an aromatic ring is 1. The van der Waals surface area contributed by atoms with Crippen LogP contribution >= 0.6 is 0 Å². The fourth-order valence-corrected chi connectivity index (χ4v) is 1.48. The normalized spacial score (nSPS) is 11.8. The van der Waals surface area contributed by atoms with Crippen molar-refractivity contribution < 1.29 is 13.2 Å². The Bertz CT molecular complexity index is 522. The number of alkyl halides is 3. The average Bonchev–Trinajstić information content (AvgIpc) is 2.26. The molecule has 0 amide bonds. The van der Waals surface area contributed by atoms with Crippen molar-refractivity contribution in [2.24, 2.45) is 5.84 Å². The molecule has 0 unspecified atom stereocenters. The topological polar surface area (TPSA) is 50.9 Å². The van der Waals surface area contributed by atoms with E-state index >= 15 is 0 Å². The van der Waals surface area contributed by atoms with Gasteiger partial charge in [0.25, 0.3) is 0 Å². The van der Waals surface area contributed by atoms with E-state index in [1.54, 1.807) is 6.07 Å². The van der Waals surface area contributed by atoms with Crippen LogP contribution in [-0.2, 0) is 6.18 Å². The molecule has 84 valence electrons. The first-order valence-electron chi connectivity index (χ1n) is 4.46. The summed E-state index contributed by atoms with van der Waals surface area (Å²) in [6.07, 6.45) is -4.42. The first-order valence-corrected chi connectivity index (χ1v) is 4.46. The first-order chi connectivity index (χ1) is 7.52. The number of halogens is 3. The molecule has 0 bridgehead atoms. The van der Waals surface area contributed by atoms with Gasteiger partial charge in [-0.05, 0) is 12.1 Å². The number of anilines is 1. The molecular formula is C10H8F3N3. The van der Waals surface area contributed by atoms with Crippen LogP contribution in [0.2, 0.25) is 0 Å². The van der Waals surface area contributed by atoms with Crippen LogP contribution < -0.4 is 11.3 Å². The van der Waals surface area contributed by atoms with Gasteiger partial charge >= 0.3 is 6.18 Å². The molecule has 1 aromatic carbocycles. The zero-order valence-corrected chi connectivity index (χ0v) is 8.05. The van der Waals surface area contributed by atoms with Gasteiger partial charge in [0, 0.05) is 5.39 Å². The van der Waals surface area contributed by atoms with Gasteiger partial charge in [-0.3, -0.25) is 0 Å². The van der Waals surface area contributed by atoms with Gasteiger partial charge in [0.2, 0.25) is 0 Å². The molecule has 0 aliphatic carbocycles. The number of rotatable bonds is 1. The number of nitrogens with two attached hydrogens (primary N) is 1. The lowest BCUT2D eigenvalue weighted by Gasteiger charge is -2.11. The standard InChI is InChI=1S/C10H8F3N3/c11-10(12,13)7-5-9(16-14)15-8-4-2-1-3-6(7)8/h1-5H,14H2,(H,15,16). The molecule has 0 saturated carbocycles. The largest absolute Gasteiger partial charge is 0.417 e. The van der Waals surface area contributed by atoms with Crippen LogP contribution in [0, 0.1) is 0 Å². The number of benzene rings is 1. The third-order valence-electron chi connectivity index (χ3n) is 2.17. The molecule has 0 spiro atoms. The van der Waals surface area contributed by atoms with E-state index in [-0.39, 0.29) is 16.7 Å². The molecule has 3 nitrogen and oxygen atoms in total. The van der Waals surface area contributed by atoms with Gasteiger partial charge in [0.15, 0.2) is 0 Å². The summed E-state index contributed by atoms with van der Waals surface area (Å²) in [5.74, 6) is 5.06. The maximum Gasteiger partial charge on any atom is 0.417 e. The Morgan fingerprint density at radius 2 is 1.88 bits per heavy atom. The van der Waals surface area contributed by atoms with Crippen molar-refractivity contribution in [3.8, 4) is 0 Å². The number of nitrogens with zero attached hydrogens (tertiary/aromatic N) is 1. The van der Waals surface area contributed by atoms with Crippen LogP contribution in [0.15, 0.2) is 30.3 Å². The van der Waals surface area contributed by atoms with Crippen LogP contribution in [0.5, 0.6) is 0 Å². The molecule has 3 N–H and O–H groups in total. The monoisotopic (exact) mass is 227 g/mol. The first kappa shape index (κ1) is 10.7. The lowest BCUT2D eigenvalue weighted by Crippen LogP contribution is -2.12. The molecule has 1 aromatic heterocycles. The van der Waals surface area contributed by atoms with Crippen molar-refractivity contribution in [2.75, 3.05) is 5.43 Å². The van der Waals surface area contributed by atoms with E-state index in [9.17, 15) is 13.2 Å². The molecule has 2 rings (SSSR count). The number of nitrogens with one attached hydrogen (secondary N) is 1. The number of aromatic nitrogens is 1. The zero-order valence-electron chi connectivity index (χ0n) is 8.05. The lowest BCUT2D eigenvalue weighted by molar-refractivity contribution is -0.136. The fourth-order valence-electron chi connectivity index (χ4n) is 1.48. The molecule has 6 heteroatoms. The highest BCUT2D eigenvalue weighted by Gasteiger charge is 2.33. The SMILES string of the molecule is NNc1cc(C(F)(F)F)c2ccccc2n1. The summed E-state index contributed by atoms with van der Waals surface area (Å²) in [4.78, 5) is 3.93. The summed E-state index contributed by atoms with van der Waals surface area (Å²) in [6.45, 7) is 0. The maximum absolute atomic E-state index is 12.7. The number of para-hydroxylation sites is 1. The second kappa shape index (κ2) is 3.64. The van der Waals surface area contributed by atoms with Gasteiger partial charge in [0.05, 0.1) is 11.1 Å². The molecule has 1 heterocycles. The number of hydrogen-bond donors (Lipinski definition) is 2. The molecule has 0 aliphatic rings. The van der Waals surface area contributed by atoms with Crippen molar-refractivity contribution in [1.29, 1.82) is 0 Å². The Balaban J connectivity index is 2.79. The summed E-state index contributed by atoms with van der Waals surface area (Å²) in [5.41, 5.74) is 1.63. The fraction of sp³-hybridized carbons (Fsp3) is 0.100. The predicted octanol–water partition coefficient (Wildman–Crippen LogP) is 2.54. The van der Waals surface area contributed by atoms with Gasteiger partial charge in [-0.2, -0.15) is 13.2 Å². The third-order valence-corrected chi connectivity index (χ3v) is 2.17. The zero-order chi connectivity index (χ0) is 11.8. The van der Waals surface area contributed by atoms with E-state index < -0.39 is 11.7 Å². The Kier molecular flexibility index (Phi) is 2.43. The maximum atomic E-state index is 12.7. The van der Waals surface area contributed by atoms with Gasteiger partial charge in [-0.1, -0.05) is 18.2 Å². The van der Waals surface area contributed by atoms with Gasteiger partial charge in [-0.25, -0.2) is 10.8 Å². The highest BCUT2D eigenvalue weighted by atomic mass is 19.4. The van der Waals surface area contributed by atoms with E-state index in [2.05, 4.69) is 10.4 Å². The van der Waals surface area contributed by atoms with E-state index in [0.29, 0.717) is 0 Å². The molecule has 0 saturated heterocycles. The Morgan fingerprint density at radius 3 is 2.50 bits per heavy atom. The smallest absolute Gasteiger partial charge is 0.308 e. The molecule has 0 aliphatic heterocycles. The summed E-state index contributed by atoms with van der Waals surface area (Å²) < 4.78 is 38.2. The predicted molar refractivity (Wildman–Crippen MR) is 54.6 cm³/mol. The molecule has 0 radical (unpaired) electrons. The average molecular weight is 227 g/mol. The highest BCUT2D eigenvalue weighted by molar-refractivity contribution is 5.84. The van der Waals surface area contributed by atoms with E-state index in [1.165, 1.54) is 18.2 Å². The number of hydrogen-bond acceptors (Lipinski definition) is 3. The molecule has 0 fully saturated rings. The minimum Gasteiger partial charge on any atom is -0.308 e. The van der Waals surface area contributed by atoms with Crippen LogP contribution in [0.3, 0.4) is 0 Å². The quantitative estimate of drug-likeness (QED) is 0.581. The van der Waals surface area contributed by atoms with Crippen LogP contribution in [0.4, 0.5) is 19.0 Å². The van der Waals surface area contributed by atoms with E-state index in [0.717, 1.165) is 6.07 Å². The van der Waals surface area contributed by atoms with Crippen molar-refractivity contribution in [1.82, 2.24) is 4.98 Å². The van der Waals surface area contributed by atoms with Crippen molar-refractivity contribution in [3.63, 3.8) is 0 Å². The second-order valence-corrected chi connectivity index (χ2v) is 3.21. The van der Waals surface area contributed by atoms with Gasteiger partial charge < -0.3 is 5.43 Å². The second-order valence-electron chi connectivity index (χ2n) is 3.21. The van der Waals surface area contributed by atoms with E-state index in [1.807, 2.05) is 0 Å².